The second-order valence-corrected chi connectivity index (χ2v) is 5.45. The highest BCUT2D eigenvalue weighted by Crippen LogP contribution is 2.27. The molecule has 1 heterocycles. The molecule has 0 aromatic heterocycles. The molecule has 2 aromatic rings. The Balaban J connectivity index is 1.77. The van der Waals surface area contributed by atoms with Gasteiger partial charge in [-0.15, -0.1) is 0 Å². The average molecular weight is 280 g/mol. The first-order valence-electron chi connectivity index (χ1n) is 7.46. The summed E-state index contributed by atoms with van der Waals surface area (Å²) in [5.41, 5.74) is 3.31. The lowest BCUT2D eigenvalue weighted by Crippen LogP contribution is -2.44. The molecular formula is C18H20N2O. The van der Waals surface area contributed by atoms with Crippen molar-refractivity contribution in [2.45, 2.75) is 25.8 Å². The Morgan fingerprint density at radius 2 is 1.81 bits per heavy atom. The highest BCUT2D eigenvalue weighted by atomic mass is 16.2. The van der Waals surface area contributed by atoms with Gasteiger partial charge in [-0.3, -0.25) is 4.79 Å². The number of amides is 1. The highest BCUT2D eigenvalue weighted by Gasteiger charge is 2.25. The number of para-hydroxylation sites is 2. The van der Waals surface area contributed by atoms with Crippen molar-refractivity contribution in [2.24, 2.45) is 0 Å². The molecule has 1 amide bonds. The molecule has 1 aliphatic heterocycles. The lowest BCUT2D eigenvalue weighted by Gasteiger charge is -2.31. The summed E-state index contributed by atoms with van der Waals surface area (Å²) < 4.78 is 0. The van der Waals surface area contributed by atoms with Crippen LogP contribution in [0.25, 0.3) is 0 Å². The minimum atomic E-state index is -0.237. The van der Waals surface area contributed by atoms with Crippen molar-refractivity contribution < 1.29 is 4.79 Å². The minimum Gasteiger partial charge on any atom is -0.374 e. The van der Waals surface area contributed by atoms with E-state index in [2.05, 4.69) is 11.4 Å². The second-order valence-electron chi connectivity index (χ2n) is 5.45. The van der Waals surface area contributed by atoms with E-state index in [9.17, 15) is 4.79 Å². The van der Waals surface area contributed by atoms with Gasteiger partial charge in [0.1, 0.15) is 6.04 Å². The number of aryl methyl sites for hydroxylation is 1. The van der Waals surface area contributed by atoms with Crippen molar-refractivity contribution in [3.05, 3.63) is 60.2 Å². The molecule has 1 aliphatic rings. The lowest BCUT2D eigenvalue weighted by atomic mass is 10.0. The van der Waals surface area contributed by atoms with Crippen molar-refractivity contribution in [3.8, 4) is 0 Å². The topological polar surface area (TPSA) is 32.3 Å². The quantitative estimate of drug-likeness (QED) is 0.933. The maximum absolute atomic E-state index is 12.7. The van der Waals surface area contributed by atoms with Crippen LogP contribution < -0.4 is 10.2 Å². The van der Waals surface area contributed by atoms with Crippen molar-refractivity contribution in [1.82, 2.24) is 0 Å². The fraction of sp³-hybridized carbons (Fsp3) is 0.278. The number of carbonyl (C=O) groups is 1. The Labute approximate surface area is 125 Å². The third-order valence-electron chi connectivity index (χ3n) is 3.90. The van der Waals surface area contributed by atoms with E-state index in [1.807, 2.05) is 60.4 Å². The van der Waals surface area contributed by atoms with Crippen LogP contribution in [-0.4, -0.2) is 18.5 Å². The van der Waals surface area contributed by atoms with Crippen molar-refractivity contribution in [3.63, 3.8) is 0 Å². The zero-order valence-electron chi connectivity index (χ0n) is 12.3. The second kappa shape index (κ2) is 6.00. The molecule has 1 atom stereocenters. The summed E-state index contributed by atoms with van der Waals surface area (Å²) in [6, 6.07) is 17.8. The predicted octanol–water partition coefficient (Wildman–Crippen LogP) is 3.47. The Hall–Kier alpha value is -2.29. The van der Waals surface area contributed by atoms with Crippen LogP contribution in [0.5, 0.6) is 0 Å². The Morgan fingerprint density at radius 1 is 1.10 bits per heavy atom. The number of nitrogens with zero attached hydrogens (tertiary/aromatic N) is 1. The normalized spacial score (nSPS) is 15.2. The number of fused-ring (bicyclic) bond motifs is 1. The van der Waals surface area contributed by atoms with Crippen LogP contribution in [-0.2, 0) is 11.2 Å². The average Bonchev–Trinajstić information content (AvgIpc) is 2.54. The summed E-state index contributed by atoms with van der Waals surface area (Å²) in [5.74, 6) is 0.131. The highest BCUT2D eigenvalue weighted by molar-refractivity contribution is 5.99. The summed E-state index contributed by atoms with van der Waals surface area (Å²) in [6.07, 6.45) is 2.08. The van der Waals surface area contributed by atoms with Gasteiger partial charge < -0.3 is 10.2 Å². The van der Waals surface area contributed by atoms with Gasteiger partial charge >= 0.3 is 0 Å². The fourth-order valence-corrected chi connectivity index (χ4v) is 2.84. The smallest absolute Gasteiger partial charge is 0.249 e. The van der Waals surface area contributed by atoms with Crippen molar-refractivity contribution >= 4 is 17.3 Å². The molecule has 3 nitrogen and oxygen atoms in total. The Morgan fingerprint density at radius 3 is 2.62 bits per heavy atom. The van der Waals surface area contributed by atoms with E-state index in [1.165, 1.54) is 5.56 Å². The third-order valence-corrected chi connectivity index (χ3v) is 3.90. The molecule has 0 spiro atoms. The number of carbonyl (C=O) groups excluding carboxylic acids is 1. The first-order valence-corrected chi connectivity index (χ1v) is 7.46. The third kappa shape index (κ3) is 2.92. The minimum absolute atomic E-state index is 0.131. The summed E-state index contributed by atoms with van der Waals surface area (Å²) in [7, 11) is 0. The van der Waals surface area contributed by atoms with Crippen LogP contribution in [0.3, 0.4) is 0 Å². The van der Waals surface area contributed by atoms with Crippen LogP contribution in [0.2, 0.25) is 0 Å². The molecule has 0 saturated carbocycles. The fourth-order valence-electron chi connectivity index (χ4n) is 2.84. The molecule has 2 aromatic carbocycles. The Bertz CT molecular complexity index is 624. The van der Waals surface area contributed by atoms with Gasteiger partial charge in [-0.2, -0.15) is 0 Å². The monoisotopic (exact) mass is 280 g/mol. The van der Waals surface area contributed by atoms with Crippen LogP contribution in [0.4, 0.5) is 11.4 Å². The van der Waals surface area contributed by atoms with Crippen LogP contribution in [0.15, 0.2) is 54.6 Å². The number of hydrogen-bond acceptors (Lipinski definition) is 2. The van der Waals surface area contributed by atoms with Gasteiger partial charge in [0.2, 0.25) is 5.91 Å². The van der Waals surface area contributed by atoms with E-state index in [-0.39, 0.29) is 11.9 Å². The summed E-state index contributed by atoms with van der Waals surface area (Å²) in [6.45, 7) is 2.73. The molecule has 1 N–H and O–H groups in total. The molecule has 0 radical (unpaired) electrons. The van der Waals surface area contributed by atoms with E-state index in [1.54, 1.807) is 0 Å². The standard InChI is InChI=1S/C18H20N2O/c1-14(19-16-10-3-2-4-11-16)18(21)20-13-7-9-15-8-5-6-12-17(15)20/h2-6,8,10-12,14,19H,7,9,13H2,1H3. The number of nitrogens with one attached hydrogen (secondary N) is 1. The lowest BCUT2D eigenvalue weighted by molar-refractivity contribution is -0.119. The zero-order chi connectivity index (χ0) is 14.7. The first-order chi connectivity index (χ1) is 10.3. The van der Waals surface area contributed by atoms with Crippen LogP contribution in [0.1, 0.15) is 18.9 Å². The maximum atomic E-state index is 12.7. The molecule has 108 valence electrons. The molecule has 0 fully saturated rings. The maximum Gasteiger partial charge on any atom is 0.249 e. The largest absolute Gasteiger partial charge is 0.374 e. The number of benzene rings is 2. The van der Waals surface area contributed by atoms with Gasteiger partial charge in [0, 0.05) is 17.9 Å². The number of rotatable bonds is 3. The predicted molar refractivity (Wildman–Crippen MR) is 86.6 cm³/mol. The molecule has 1 unspecified atom stereocenters. The number of hydrogen-bond donors (Lipinski definition) is 1. The molecule has 3 heteroatoms. The molecule has 21 heavy (non-hydrogen) atoms. The first kappa shape index (κ1) is 13.7. The Kier molecular flexibility index (Phi) is 3.91. The van der Waals surface area contributed by atoms with Gasteiger partial charge in [-0.25, -0.2) is 0 Å². The van der Waals surface area contributed by atoms with Gasteiger partial charge in [0.15, 0.2) is 0 Å². The SMILES string of the molecule is CC(Nc1ccccc1)C(=O)N1CCCc2ccccc21. The van der Waals surface area contributed by atoms with Gasteiger partial charge in [0.25, 0.3) is 0 Å². The van der Waals surface area contributed by atoms with Gasteiger partial charge in [-0.05, 0) is 43.5 Å². The van der Waals surface area contributed by atoms with Crippen LogP contribution in [0, 0.1) is 0 Å². The van der Waals surface area contributed by atoms with E-state index in [0.29, 0.717) is 0 Å². The molecular weight excluding hydrogens is 260 g/mol. The number of anilines is 2. The molecule has 0 bridgehead atoms. The summed E-state index contributed by atoms with van der Waals surface area (Å²) in [5, 5.41) is 3.28. The van der Waals surface area contributed by atoms with E-state index in [4.69, 9.17) is 0 Å². The molecule has 3 rings (SSSR count). The molecule has 0 aliphatic carbocycles. The van der Waals surface area contributed by atoms with Gasteiger partial charge in [-0.1, -0.05) is 36.4 Å². The van der Waals surface area contributed by atoms with E-state index < -0.39 is 0 Å². The van der Waals surface area contributed by atoms with Crippen molar-refractivity contribution in [2.75, 3.05) is 16.8 Å². The summed E-state index contributed by atoms with van der Waals surface area (Å²) >= 11 is 0. The summed E-state index contributed by atoms with van der Waals surface area (Å²) in [4.78, 5) is 14.6. The van der Waals surface area contributed by atoms with Crippen LogP contribution >= 0.6 is 0 Å². The van der Waals surface area contributed by atoms with E-state index >= 15 is 0 Å². The van der Waals surface area contributed by atoms with Gasteiger partial charge in [0.05, 0.1) is 0 Å². The molecule has 0 saturated heterocycles. The van der Waals surface area contributed by atoms with Crippen molar-refractivity contribution in [1.29, 1.82) is 0 Å². The zero-order valence-corrected chi connectivity index (χ0v) is 12.3. The van der Waals surface area contributed by atoms with E-state index in [0.717, 1.165) is 30.8 Å².